The van der Waals surface area contributed by atoms with Gasteiger partial charge in [-0.1, -0.05) is 12.1 Å². The molecule has 0 aliphatic carbocycles. The Kier molecular flexibility index (Phi) is 9.78. The molecule has 0 radical (unpaired) electrons. The largest absolute Gasteiger partial charge is 0.352 e. The van der Waals surface area contributed by atoms with Crippen LogP contribution >= 0.6 is 24.8 Å². The van der Waals surface area contributed by atoms with Gasteiger partial charge in [0, 0.05) is 37.1 Å². The molecule has 2 heterocycles. The monoisotopic (exact) mass is 410 g/mol. The fourth-order valence-electron chi connectivity index (χ4n) is 2.83. The number of hydrogen-bond donors (Lipinski definition) is 3. The number of pyridine rings is 1. The summed E-state index contributed by atoms with van der Waals surface area (Å²) in [6.07, 6.45) is 5.89. The molecule has 1 aliphatic rings. The van der Waals surface area contributed by atoms with Crippen LogP contribution in [0.5, 0.6) is 0 Å². The zero-order chi connectivity index (χ0) is 17.5. The molecule has 146 valence electrons. The van der Waals surface area contributed by atoms with E-state index in [9.17, 15) is 9.59 Å². The summed E-state index contributed by atoms with van der Waals surface area (Å²) in [7, 11) is 0. The number of benzene rings is 1. The van der Waals surface area contributed by atoms with Gasteiger partial charge < -0.3 is 16.0 Å². The van der Waals surface area contributed by atoms with Crippen molar-refractivity contribution in [3.8, 4) is 0 Å². The van der Waals surface area contributed by atoms with Gasteiger partial charge in [-0.2, -0.15) is 0 Å². The van der Waals surface area contributed by atoms with Crippen LogP contribution in [0.2, 0.25) is 0 Å². The van der Waals surface area contributed by atoms with Crippen LogP contribution in [0, 0.1) is 0 Å². The van der Waals surface area contributed by atoms with E-state index in [1.54, 1.807) is 18.3 Å². The number of carbonyl (C=O) groups excluding carboxylic acids is 2. The first-order valence-corrected chi connectivity index (χ1v) is 8.51. The molecule has 1 aliphatic heterocycles. The molecule has 27 heavy (non-hydrogen) atoms. The average Bonchev–Trinajstić information content (AvgIpc) is 3.15. The maximum Gasteiger partial charge on any atom is 0.257 e. The molecular formula is C19H24Cl2N4O2. The molecule has 0 bridgehead atoms. The highest BCUT2D eigenvalue weighted by atomic mass is 35.5. The average molecular weight is 411 g/mol. The maximum absolute atomic E-state index is 12.1. The minimum absolute atomic E-state index is 0. The van der Waals surface area contributed by atoms with Crippen LogP contribution in [0.15, 0.2) is 48.8 Å². The number of amides is 2. The normalized spacial score (nSPS) is 15.2. The second-order valence-corrected chi connectivity index (χ2v) is 6.17. The number of carbonyl (C=O) groups is 2. The summed E-state index contributed by atoms with van der Waals surface area (Å²) >= 11 is 0. The Hall–Kier alpha value is -2.15. The molecule has 6 nitrogen and oxygen atoms in total. The third-order valence-electron chi connectivity index (χ3n) is 4.22. The molecule has 1 aromatic carbocycles. The van der Waals surface area contributed by atoms with Gasteiger partial charge in [0.05, 0.1) is 5.56 Å². The lowest BCUT2D eigenvalue weighted by Gasteiger charge is -2.11. The molecule has 1 saturated heterocycles. The van der Waals surface area contributed by atoms with Crippen LogP contribution in [0.3, 0.4) is 0 Å². The molecule has 1 fully saturated rings. The smallest absolute Gasteiger partial charge is 0.257 e. The van der Waals surface area contributed by atoms with Gasteiger partial charge >= 0.3 is 0 Å². The summed E-state index contributed by atoms with van der Waals surface area (Å²) in [5.41, 5.74) is 2.21. The van der Waals surface area contributed by atoms with Crippen molar-refractivity contribution >= 4 is 42.3 Å². The molecule has 3 N–H and O–H groups in total. The van der Waals surface area contributed by atoms with Gasteiger partial charge in [0.25, 0.3) is 5.91 Å². The summed E-state index contributed by atoms with van der Waals surface area (Å²) in [5.74, 6) is -0.133. The van der Waals surface area contributed by atoms with Crippen LogP contribution in [-0.4, -0.2) is 29.4 Å². The summed E-state index contributed by atoms with van der Waals surface area (Å²) in [5, 5.41) is 9.08. The van der Waals surface area contributed by atoms with Gasteiger partial charge in [-0.3, -0.25) is 14.6 Å². The first-order chi connectivity index (χ1) is 12.2. The highest BCUT2D eigenvalue weighted by Crippen LogP contribution is 2.12. The first-order valence-electron chi connectivity index (χ1n) is 8.51. The number of hydrogen-bond acceptors (Lipinski definition) is 4. The van der Waals surface area contributed by atoms with Gasteiger partial charge in [-0.05, 0) is 49.2 Å². The van der Waals surface area contributed by atoms with E-state index in [0.29, 0.717) is 30.3 Å². The van der Waals surface area contributed by atoms with Crippen LogP contribution < -0.4 is 16.0 Å². The number of anilines is 1. The van der Waals surface area contributed by atoms with Crippen molar-refractivity contribution in [2.75, 3.05) is 11.9 Å². The van der Waals surface area contributed by atoms with Crippen LogP contribution in [-0.2, 0) is 11.3 Å². The van der Waals surface area contributed by atoms with E-state index in [4.69, 9.17) is 0 Å². The standard InChI is InChI=1S/C19H22N4O2.2ClH/c24-18(11-17-4-2-10-21-17)22-12-14-5-7-16(8-6-14)23-19(25)15-3-1-9-20-13-15;;/h1,3,5-9,13,17,21H,2,4,10-12H2,(H,22,24)(H,23,25);2*1H. The van der Waals surface area contributed by atoms with Gasteiger partial charge in [-0.15, -0.1) is 24.8 Å². The van der Waals surface area contributed by atoms with Gasteiger partial charge in [0.15, 0.2) is 0 Å². The summed E-state index contributed by atoms with van der Waals surface area (Å²) in [4.78, 5) is 27.9. The van der Waals surface area contributed by atoms with Gasteiger partial charge in [-0.25, -0.2) is 0 Å². The van der Waals surface area contributed by atoms with Gasteiger partial charge in [0.2, 0.25) is 5.91 Å². The van der Waals surface area contributed by atoms with E-state index < -0.39 is 0 Å². The predicted molar refractivity (Wildman–Crippen MR) is 111 cm³/mol. The Morgan fingerprint density at radius 3 is 2.56 bits per heavy atom. The lowest BCUT2D eigenvalue weighted by molar-refractivity contribution is -0.121. The Morgan fingerprint density at radius 1 is 1.15 bits per heavy atom. The lowest BCUT2D eigenvalue weighted by atomic mass is 10.1. The second kappa shape index (κ2) is 11.5. The lowest BCUT2D eigenvalue weighted by Crippen LogP contribution is -2.31. The van der Waals surface area contributed by atoms with Gasteiger partial charge in [0.1, 0.15) is 0 Å². The maximum atomic E-state index is 12.1. The molecule has 3 rings (SSSR count). The third kappa shape index (κ3) is 7.17. The Morgan fingerprint density at radius 2 is 1.93 bits per heavy atom. The molecule has 0 spiro atoms. The Labute approximate surface area is 171 Å². The highest BCUT2D eigenvalue weighted by Gasteiger charge is 2.17. The first kappa shape index (κ1) is 22.9. The minimum Gasteiger partial charge on any atom is -0.352 e. The van der Waals surface area contributed by atoms with Crippen molar-refractivity contribution in [1.29, 1.82) is 0 Å². The van der Waals surface area contributed by atoms with E-state index in [0.717, 1.165) is 24.9 Å². The summed E-state index contributed by atoms with van der Waals surface area (Å²) < 4.78 is 0. The minimum atomic E-state index is -0.196. The van der Waals surface area contributed by atoms with E-state index in [2.05, 4.69) is 20.9 Å². The van der Waals surface area contributed by atoms with Crippen molar-refractivity contribution in [1.82, 2.24) is 15.6 Å². The number of aromatic nitrogens is 1. The molecule has 1 aromatic heterocycles. The van der Waals surface area contributed by atoms with Crippen molar-refractivity contribution in [2.45, 2.75) is 31.8 Å². The molecule has 8 heteroatoms. The fourth-order valence-corrected chi connectivity index (χ4v) is 2.83. The molecule has 2 aromatic rings. The molecule has 2 amide bonds. The van der Waals surface area contributed by atoms with Crippen LogP contribution in [0.1, 0.15) is 35.2 Å². The Balaban J connectivity index is 0.00000182. The summed E-state index contributed by atoms with van der Waals surface area (Å²) in [6, 6.07) is 11.2. The van der Waals surface area contributed by atoms with Crippen molar-refractivity contribution < 1.29 is 9.59 Å². The molecule has 0 saturated carbocycles. The highest BCUT2D eigenvalue weighted by molar-refractivity contribution is 6.04. The molecule has 1 atom stereocenters. The quantitative estimate of drug-likeness (QED) is 0.683. The zero-order valence-electron chi connectivity index (χ0n) is 14.8. The van der Waals surface area contributed by atoms with E-state index >= 15 is 0 Å². The van der Waals surface area contributed by atoms with Crippen LogP contribution in [0.4, 0.5) is 5.69 Å². The van der Waals surface area contributed by atoms with Crippen LogP contribution in [0.25, 0.3) is 0 Å². The Bertz CT molecular complexity index is 720. The fraction of sp³-hybridized carbons (Fsp3) is 0.316. The van der Waals surface area contributed by atoms with E-state index in [-0.39, 0.29) is 36.6 Å². The zero-order valence-corrected chi connectivity index (χ0v) is 16.4. The third-order valence-corrected chi connectivity index (χ3v) is 4.22. The number of halogens is 2. The van der Waals surface area contributed by atoms with Crippen molar-refractivity contribution in [3.63, 3.8) is 0 Å². The predicted octanol–water partition coefficient (Wildman–Crippen LogP) is 2.94. The topological polar surface area (TPSA) is 83.1 Å². The van der Waals surface area contributed by atoms with Crippen molar-refractivity contribution in [2.24, 2.45) is 0 Å². The van der Waals surface area contributed by atoms with E-state index in [1.807, 2.05) is 24.3 Å². The van der Waals surface area contributed by atoms with Crippen molar-refractivity contribution in [3.05, 3.63) is 59.9 Å². The number of rotatable bonds is 6. The summed E-state index contributed by atoms with van der Waals surface area (Å²) in [6.45, 7) is 1.49. The molecule has 1 unspecified atom stereocenters. The number of nitrogens with zero attached hydrogens (tertiary/aromatic N) is 1. The SMILES string of the molecule is Cl.Cl.O=C(CC1CCCN1)NCc1ccc(NC(=O)c2cccnc2)cc1. The second-order valence-electron chi connectivity index (χ2n) is 6.17. The number of nitrogens with one attached hydrogen (secondary N) is 3. The van der Waals surface area contributed by atoms with E-state index in [1.165, 1.54) is 6.20 Å². The molecular weight excluding hydrogens is 387 g/mol.